The highest BCUT2D eigenvalue weighted by molar-refractivity contribution is 5.90. The maximum Gasteiger partial charge on any atom is 0.237 e. The fourth-order valence-corrected chi connectivity index (χ4v) is 3.84. The average molecular weight is 392 g/mol. The molecule has 150 valence electrons. The number of aromatic nitrogens is 2. The first-order chi connectivity index (χ1) is 14.1. The van der Waals surface area contributed by atoms with E-state index in [9.17, 15) is 9.18 Å². The van der Waals surface area contributed by atoms with Gasteiger partial charge in [0.15, 0.2) is 0 Å². The molecule has 1 N–H and O–H groups in total. The van der Waals surface area contributed by atoms with Crippen LogP contribution < -0.4 is 0 Å². The summed E-state index contributed by atoms with van der Waals surface area (Å²) < 4.78 is 13.4. The van der Waals surface area contributed by atoms with Crippen molar-refractivity contribution in [1.82, 2.24) is 19.8 Å². The lowest BCUT2D eigenvalue weighted by atomic mass is 9.99. The molecule has 0 fully saturated rings. The number of carbonyl (C=O) groups excluding carboxylic acids is 1. The number of rotatable bonds is 6. The summed E-state index contributed by atoms with van der Waals surface area (Å²) in [6, 6.07) is 10.5. The zero-order chi connectivity index (χ0) is 20.2. The zero-order valence-corrected chi connectivity index (χ0v) is 16.6. The van der Waals surface area contributed by atoms with Gasteiger partial charge in [-0.1, -0.05) is 18.2 Å². The predicted molar refractivity (Wildman–Crippen MR) is 113 cm³/mol. The third-order valence-electron chi connectivity index (χ3n) is 5.45. The first-order valence-electron chi connectivity index (χ1n) is 10.00. The van der Waals surface area contributed by atoms with Crippen LogP contribution in [0.5, 0.6) is 0 Å². The average Bonchev–Trinajstić information content (AvgIpc) is 3.17. The van der Waals surface area contributed by atoms with Gasteiger partial charge in [0.25, 0.3) is 0 Å². The molecule has 1 aliphatic heterocycles. The Morgan fingerprint density at radius 2 is 2.21 bits per heavy atom. The monoisotopic (exact) mass is 392 g/mol. The minimum Gasteiger partial charge on any atom is -0.346 e. The molecule has 0 aliphatic carbocycles. The van der Waals surface area contributed by atoms with Gasteiger partial charge in [0.2, 0.25) is 5.91 Å². The molecule has 1 amide bonds. The minimum absolute atomic E-state index is 0.0740. The molecule has 0 bridgehead atoms. The molecule has 0 saturated heterocycles. The molecule has 0 atom stereocenters. The molecular formula is C23H25FN4O. The molecule has 0 unspecified atom stereocenters. The van der Waals surface area contributed by atoms with Crippen molar-refractivity contribution >= 4 is 22.5 Å². The Morgan fingerprint density at radius 3 is 2.97 bits per heavy atom. The van der Waals surface area contributed by atoms with Gasteiger partial charge in [0.1, 0.15) is 11.5 Å². The van der Waals surface area contributed by atoms with Gasteiger partial charge >= 0.3 is 0 Å². The highest BCUT2D eigenvalue weighted by Gasteiger charge is 2.20. The molecule has 0 spiro atoms. The van der Waals surface area contributed by atoms with E-state index in [1.54, 1.807) is 17.2 Å². The Morgan fingerprint density at radius 1 is 1.31 bits per heavy atom. The SMILES string of the molecule is CCN(Cc1cccc(F)c1)C(=O)CN1CC=C(c2c[nH]c3ncccc23)CC1. The smallest absolute Gasteiger partial charge is 0.237 e. The van der Waals surface area contributed by atoms with Crippen LogP contribution in [0.3, 0.4) is 0 Å². The molecule has 2 aromatic heterocycles. The first kappa shape index (κ1) is 19.3. The molecule has 3 aromatic rings. The summed E-state index contributed by atoms with van der Waals surface area (Å²) in [5.74, 6) is -0.197. The number of hydrogen-bond acceptors (Lipinski definition) is 3. The van der Waals surface area contributed by atoms with Crippen LogP contribution in [-0.2, 0) is 11.3 Å². The molecule has 1 aliphatic rings. The van der Waals surface area contributed by atoms with E-state index in [2.05, 4.69) is 27.0 Å². The van der Waals surface area contributed by atoms with Crippen LogP contribution in [0.25, 0.3) is 16.6 Å². The highest BCUT2D eigenvalue weighted by Crippen LogP contribution is 2.28. The second-order valence-corrected chi connectivity index (χ2v) is 7.35. The van der Waals surface area contributed by atoms with E-state index < -0.39 is 0 Å². The van der Waals surface area contributed by atoms with Gasteiger partial charge in [-0.25, -0.2) is 9.37 Å². The maximum atomic E-state index is 13.4. The van der Waals surface area contributed by atoms with Crippen LogP contribution in [0.4, 0.5) is 4.39 Å². The molecule has 0 saturated carbocycles. The highest BCUT2D eigenvalue weighted by atomic mass is 19.1. The molecule has 3 heterocycles. The molecule has 6 heteroatoms. The molecule has 5 nitrogen and oxygen atoms in total. The van der Waals surface area contributed by atoms with Gasteiger partial charge in [-0.15, -0.1) is 0 Å². The van der Waals surface area contributed by atoms with E-state index in [4.69, 9.17) is 0 Å². The van der Waals surface area contributed by atoms with Crippen LogP contribution in [-0.4, -0.2) is 51.9 Å². The Balaban J connectivity index is 1.38. The van der Waals surface area contributed by atoms with Crippen molar-refractivity contribution < 1.29 is 9.18 Å². The Bertz CT molecular complexity index is 1040. The predicted octanol–water partition coefficient (Wildman–Crippen LogP) is 3.84. The Labute approximate surface area is 169 Å². The van der Waals surface area contributed by atoms with Crippen LogP contribution in [0.1, 0.15) is 24.5 Å². The van der Waals surface area contributed by atoms with E-state index in [-0.39, 0.29) is 11.7 Å². The summed E-state index contributed by atoms with van der Waals surface area (Å²) >= 11 is 0. The van der Waals surface area contributed by atoms with E-state index in [1.807, 2.05) is 25.3 Å². The fraction of sp³-hybridized carbons (Fsp3) is 0.304. The number of nitrogens with one attached hydrogen (secondary N) is 1. The Hall–Kier alpha value is -2.99. The largest absolute Gasteiger partial charge is 0.346 e. The van der Waals surface area contributed by atoms with Crippen molar-refractivity contribution in [2.75, 3.05) is 26.2 Å². The van der Waals surface area contributed by atoms with Crippen LogP contribution in [0, 0.1) is 5.82 Å². The van der Waals surface area contributed by atoms with Crippen LogP contribution >= 0.6 is 0 Å². The summed E-state index contributed by atoms with van der Waals surface area (Å²) in [6.45, 7) is 4.95. The number of H-pyrrole nitrogens is 1. The summed E-state index contributed by atoms with van der Waals surface area (Å²) in [6.07, 6.45) is 6.90. The number of aromatic amines is 1. The van der Waals surface area contributed by atoms with Gasteiger partial charge in [-0.05, 0) is 48.7 Å². The quantitative estimate of drug-likeness (QED) is 0.693. The van der Waals surface area contributed by atoms with Crippen molar-refractivity contribution in [2.24, 2.45) is 0 Å². The van der Waals surface area contributed by atoms with Gasteiger partial charge in [0.05, 0.1) is 6.54 Å². The van der Waals surface area contributed by atoms with E-state index in [0.29, 0.717) is 19.6 Å². The number of benzene rings is 1. The van der Waals surface area contributed by atoms with Crippen LogP contribution in [0.2, 0.25) is 0 Å². The molecular weight excluding hydrogens is 367 g/mol. The maximum absolute atomic E-state index is 13.4. The lowest BCUT2D eigenvalue weighted by molar-refractivity contribution is -0.132. The number of fused-ring (bicyclic) bond motifs is 1. The van der Waals surface area contributed by atoms with E-state index in [1.165, 1.54) is 23.3 Å². The second-order valence-electron chi connectivity index (χ2n) is 7.35. The number of hydrogen-bond donors (Lipinski definition) is 1. The van der Waals surface area contributed by atoms with Gasteiger partial charge in [0, 0.05) is 49.5 Å². The van der Waals surface area contributed by atoms with Crippen LogP contribution in [0.15, 0.2) is 54.9 Å². The summed E-state index contributed by atoms with van der Waals surface area (Å²) in [5.41, 5.74) is 4.20. The van der Waals surface area contributed by atoms with Gasteiger partial charge in [-0.3, -0.25) is 9.69 Å². The molecule has 0 radical (unpaired) electrons. The van der Waals surface area contributed by atoms with Crippen molar-refractivity contribution in [3.8, 4) is 0 Å². The summed E-state index contributed by atoms with van der Waals surface area (Å²) in [4.78, 5) is 24.3. The molecule has 1 aromatic carbocycles. The fourth-order valence-electron chi connectivity index (χ4n) is 3.84. The third kappa shape index (κ3) is 4.38. The van der Waals surface area contributed by atoms with E-state index >= 15 is 0 Å². The Kier molecular flexibility index (Phi) is 5.71. The molecule has 4 rings (SSSR count). The number of halogens is 1. The number of likely N-dealkylation sites (N-methyl/N-ethyl adjacent to an activating group) is 1. The van der Waals surface area contributed by atoms with E-state index in [0.717, 1.165) is 36.1 Å². The number of carbonyl (C=O) groups is 1. The van der Waals surface area contributed by atoms with Gasteiger partial charge < -0.3 is 9.88 Å². The third-order valence-corrected chi connectivity index (χ3v) is 5.45. The lowest BCUT2D eigenvalue weighted by Gasteiger charge is -2.29. The van der Waals surface area contributed by atoms with Crippen molar-refractivity contribution in [2.45, 2.75) is 19.9 Å². The van der Waals surface area contributed by atoms with Crippen molar-refractivity contribution in [3.05, 3.63) is 71.8 Å². The topological polar surface area (TPSA) is 52.2 Å². The minimum atomic E-state index is -0.271. The normalized spacial score (nSPS) is 14.8. The standard InChI is InChI=1S/C23H25FN4O/c1-2-28(15-17-5-3-6-19(24)13-17)22(29)16-27-11-8-18(9-12-27)21-14-26-23-20(21)7-4-10-25-23/h3-8,10,13-14H,2,9,11-12,15-16H2,1H3,(H,25,26). The molecule has 29 heavy (non-hydrogen) atoms. The number of nitrogens with zero attached hydrogens (tertiary/aromatic N) is 3. The van der Waals surface area contributed by atoms with Gasteiger partial charge in [-0.2, -0.15) is 0 Å². The first-order valence-corrected chi connectivity index (χ1v) is 10.00. The summed E-state index contributed by atoms with van der Waals surface area (Å²) in [7, 11) is 0. The van der Waals surface area contributed by atoms with Crippen molar-refractivity contribution in [3.63, 3.8) is 0 Å². The summed E-state index contributed by atoms with van der Waals surface area (Å²) in [5, 5.41) is 1.13. The number of amides is 1. The lowest BCUT2D eigenvalue weighted by Crippen LogP contribution is -2.41. The second kappa shape index (κ2) is 8.57. The zero-order valence-electron chi connectivity index (χ0n) is 16.6. The number of pyridine rings is 1. The van der Waals surface area contributed by atoms with Crippen molar-refractivity contribution in [1.29, 1.82) is 0 Å².